The molecule has 0 atom stereocenters. The molecule has 0 unspecified atom stereocenters. The number of para-hydroxylation sites is 1. The molecule has 1 aliphatic rings. The maximum absolute atomic E-state index is 4.68. The van der Waals surface area contributed by atoms with Crippen LogP contribution < -0.4 is 5.32 Å². The normalized spacial score (nSPS) is 17.2. The molecule has 1 aromatic heterocycles. The van der Waals surface area contributed by atoms with Crippen molar-refractivity contribution < 1.29 is 0 Å². The number of hydrogen-bond acceptors (Lipinski definition) is 3. The van der Waals surface area contributed by atoms with Crippen LogP contribution in [0.25, 0.3) is 10.9 Å². The Labute approximate surface area is 120 Å². The van der Waals surface area contributed by atoms with Gasteiger partial charge in [-0.1, -0.05) is 24.3 Å². The fourth-order valence-corrected chi connectivity index (χ4v) is 2.80. The summed E-state index contributed by atoms with van der Waals surface area (Å²) in [6.45, 7) is 7.08. The molecule has 1 N–H and O–H groups in total. The molecule has 1 fully saturated rings. The van der Waals surface area contributed by atoms with E-state index in [1.165, 1.54) is 18.2 Å². The van der Waals surface area contributed by atoms with Crippen molar-refractivity contribution in [2.24, 2.45) is 0 Å². The number of nitrogens with one attached hydrogen (secondary N) is 1. The zero-order valence-corrected chi connectivity index (χ0v) is 11.8. The summed E-state index contributed by atoms with van der Waals surface area (Å²) in [4.78, 5) is 7.13. The minimum atomic E-state index is 0.532. The Bertz CT molecular complexity index is 586. The van der Waals surface area contributed by atoms with Gasteiger partial charge in [0.25, 0.3) is 0 Å². The van der Waals surface area contributed by atoms with E-state index in [0.29, 0.717) is 6.04 Å². The summed E-state index contributed by atoms with van der Waals surface area (Å²) < 4.78 is 0. The SMILES string of the molecule is C=CCN1CCC(Nc2ccc3ccccc3n2)CC1. The van der Waals surface area contributed by atoms with Crippen LogP contribution in [0.4, 0.5) is 5.82 Å². The van der Waals surface area contributed by atoms with Gasteiger partial charge in [-0.2, -0.15) is 0 Å². The zero-order chi connectivity index (χ0) is 13.8. The molecule has 3 heteroatoms. The van der Waals surface area contributed by atoms with E-state index in [2.05, 4.69) is 46.0 Å². The van der Waals surface area contributed by atoms with Crippen LogP contribution in [-0.4, -0.2) is 35.6 Å². The van der Waals surface area contributed by atoms with Crippen molar-refractivity contribution >= 4 is 16.7 Å². The first-order chi connectivity index (χ1) is 9.85. The first-order valence-electron chi connectivity index (χ1n) is 7.31. The molecule has 0 amide bonds. The number of rotatable bonds is 4. The lowest BCUT2D eigenvalue weighted by Gasteiger charge is -2.31. The molecule has 20 heavy (non-hydrogen) atoms. The maximum atomic E-state index is 4.68. The predicted octanol–water partition coefficient (Wildman–Crippen LogP) is 3.30. The Morgan fingerprint density at radius 2 is 2.00 bits per heavy atom. The topological polar surface area (TPSA) is 28.2 Å². The van der Waals surface area contributed by atoms with Crippen LogP contribution in [0.3, 0.4) is 0 Å². The number of nitrogens with zero attached hydrogens (tertiary/aromatic N) is 2. The molecule has 0 aliphatic carbocycles. The molecule has 3 rings (SSSR count). The van der Waals surface area contributed by atoms with Gasteiger partial charge < -0.3 is 5.32 Å². The number of hydrogen-bond donors (Lipinski definition) is 1. The lowest BCUT2D eigenvalue weighted by molar-refractivity contribution is 0.240. The highest BCUT2D eigenvalue weighted by Crippen LogP contribution is 2.18. The molecular formula is C17H21N3. The van der Waals surface area contributed by atoms with E-state index in [4.69, 9.17) is 0 Å². The van der Waals surface area contributed by atoms with Crippen molar-refractivity contribution in [3.63, 3.8) is 0 Å². The third-order valence-electron chi connectivity index (χ3n) is 3.93. The average Bonchev–Trinajstić information content (AvgIpc) is 2.49. The third-order valence-corrected chi connectivity index (χ3v) is 3.93. The summed E-state index contributed by atoms with van der Waals surface area (Å²) in [5.74, 6) is 0.992. The maximum Gasteiger partial charge on any atom is 0.126 e. The second-order valence-electron chi connectivity index (χ2n) is 5.40. The van der Waals surface area contributed by atoms with E-state index in [1.807, 2.05) is 18.2 Å². The highest BCUT2D eigenvalue weighted by Gasteiger charge is 2.18. The van der Waals surface area contributed by atoms with Crippen molar-refractivity contribution in [2.45, 2.75) is 18.9 Å². The summed E-state index contributed by atoms with van der Waals surface area (Å²) in [6, 6.07) is 13.0. The lowest BCUT2D eigenvalue weighted by atomic mass is 10.1. The average molecular weight is 267 g/mol. The molecule has 1 aliphatic heterocycles. The smallest absolute Gasteiger partial charge is 0.126 e. The van der Waals surface area contributed by atoms with Gasteiger partial charge in [-0.25, -0.2) is 4.98 Å². The van der Waals surface area contributed by atoms with Crippen molar-refractivity contribution in [3.05, 3.63) is 49.1 Å². The Morgan fingerprint density at radius 3 is 2.80 bits per heavy atom. The Hall–Kier alpha value is -1.87. The van der Waals surface area contributed by atoms with Crippen LogP contribution >= 0.6 is 0 Å². The largest absolute Gasteiger partial charge is 0.367 e. The minimum absolute atomic E-state index is 0.532. The fraction of sp³-hybridized carbons (Fsp3) is 0.353. The van der Waals surface area contributed by atoms with Crippen LogP contribution in [0.15, 0.2) is 49.1 Å². The van der Waals surface area contributed by atoms with Crippen LogP contribution in [0.2, 0.25) is 0 Å². The van der Waals surface area contributed by atoms with Crippen LogP contribution in [0.5, 0.6) is 0 Å². The minimum Gasteiger partial charge on any atom is -0.367 e. The molecule has 0 bridgehead atoms. The van der Waals surface area contributed by atoms with Gasteiger partial charge in [0.1, 0.15) is 5.82 Å². The van der Waals surface area contributed by atoms with Gasteiger partial charge in [0.2, 0.25) is 0 Å². The van der Waals surface area contributed by atoms with Crippen LogP contribution in [0, 0.1) is 0 Å². The third kappa shape index (κ3) is 2.99. The van der Waals surface area contributed by atoms with Crippen molar-refractivity contribution in [2.75, 3.05) is 25.0 Å². The van der Waals surface area contributed by atoms with Gasteiger partial charge in [0, 0.05) is 31.1 Å². The van der Waals surface area contributed by atoms with Gasteiger partial charge in [-0.3, -0.25) is 4.90 Å². The zero-order valence-electron chi connectivity index (χ0n) is 11.8. The molecule has 1 saturated heterocycles. The molecule has 2 aromatic rings. The summed E-state index contributed by atoms with van der Waals surface area (Å²) >= 11 is 0. The summed E-state index contributed by atoms with van der Waals surface area (Å²) in [6.07, 6.45) is 4.32. The molecule has 1 aromatic carbocycles. The predicted molar refractivity (Wildman–Crippen MR) is 85.0 cm³/mol. The Morgan fingerprint density at radius 1 is 1.20 bits per heavy atom. The lowest BCUT2D eigenvalue weighted by Crippen LogP contribution is -2.39. The summed E-state index contributed by atoms with van der Waals surface area (Å²) in [5, 5.41) is 4.77. The van der Waals surface area contributed by atoms with Gasteiger partial charge >= 0.3 is 0 Å². The number of likely N-dealkylation sites (tertiary alicyclic amines) is 1. The molecular weight excluding hydrogens is 246 g/mol. The fourth-order valence-electron chi connectivity index (χ4n) is 2.80. The highest BCUT2D eigenvalue weighted by molar-refractivity contribution is 5.80. The number of aromatic nitrogens is 1. The van der Waals surface area contributed by atoms with Gasteiger partial charge in [0.05, 0.1) is 5.52 Å². The molecule has 3 nitrogen and oxygen atoms in total. The number of fused-ring (bicyclic) bond motifs is 1. The second kappa shape index (κ2) is 6.06. The summed E-state index contributed by atoms with van der Waals surface area (Å²) in [7, 11) is 0. The molecule has 104 valence electrons. The molecule has 0 spiro atoms. The van der Waals surface area contributed by atoms with Crippen molar-refractivity contribution in [1.82, 2.24) is 9.88 Å². The number of piperidine rings is 1. The van der Waals surface area contributed by atoms with Gasteiger partial charge in [-0.15, -0.1) is 6.58 Å². The second-order valence-corrected chi connectivity index (χ2v) is 5.40. The van der Waals surface area contributed by atoms with Gasteiger partial charge in [0.15, 0.2) is 0 Å². The Kier molecular flexibility index (Phi) is 3.97. The van der Waals surface area contributed by atoms with E-state index >= 15 is 0 Å². The monoisotopic (exact) mass is 267 g/mol. The quantitative estimate of drug-likeness (QED) is 0.862. The van der Waals surface area contributed by atoms with Crippen LogP contribution in [0.1, 0.15) is 12.8 Å². The Balaban J connectivity index is 1.63. The van der Waals surface area contributed by atoms with Crippen LogP contribution in [-0.2, 0) is 0 Å². The standard InChI is InChI=1S/C17H21N3/c1-2-11-20-12-9-15(10-13-20)18-17-8-7-14-5-3-4-6-16(14)19-17/h2-8,15H,1,9-13H2,(H,18,19). The van der Waals surface area contributed by atoms with E-state index < -0.39 is 0 Å². The first kappa shape index (κ1) is 13.1. The van der Waals surface area contributed by atoms with E-state index in [1.54, 1.807) is 0 Å². The van der Waals surface area contributed by atoms with E-state index in [-0.39, 0.29) is 0 Å². The van der Waals surface area contributed by atoms with Gasteiger partial charge in [-0.05, 0) is 31.0 Å². The number of benzene rings is 1. The number of pyridine rings is 1. The van der Waals surface area contributed by atoms with Crippen molar-refractivity contribution in [3.8, 4) is 0 Å². The number of anilines is 1. The molecule has 2 heterocycles. The highest BCUT2D eigenvalue weighted by atomic mass is 15.1. The summed E-state index contributed by atoms with van der Waals surface area (Å²) in [5.41, 5.74) is 1.06. The van der Waals surface area contributed by atoms with Crippen molar-refractivity contribution in [1.29, 1.82) is 0 Å². The first-order valence-corrected chi connectivity index (χ1v) is 7.31. The molecule has 0 saturated carbocycles. The van der Waals surface area contributed by atoms with E-state index in [0.717, 1.165) is 31.0 Å². The molecule has 0 radical (unpaired) electrons. The van der Waals surface area contributed by atoms with E-state index in [9.17, 15) is 0 Å².